The number of thioether (sulfide) groups is 1. The molecule has 2 rings (SSSR count). The molecule has 3 nitrogen and oxygen atoms in total. The van der Waals surface area contributed by atoms with Crippen molar-refractivity contribution in [3.8, 4) is 0 Å². The minimum absolute atomic E-state index is 0.163. The summed E-state index contributed by atoms with van der Waals surface area (Å²) in [5.74, 6) is 2.59. The molecule has 2 unspecified atom stereocenters. The second-order valence-corrected chi connectivity index (χ2v) is 5.03. The Morgan fingerprint density at radius 2 is 2.31 bits per heavy atom. The van der Waals surface area contributed by atoms with Gasteiger partial charge in [0.05, 0.1) is 12.7 Å². The van der Waals surface area contributed by atoms with Crippen LogP contribution in [-0.2, 0) is 4.74 Å². The van der Waals surface area contributed by atoms with Crippen LogP contribution in [0.4, 0.5) is 0 Å². The molecule has 76 valence electrons. The van der Waals surface area contributed by atoms with Crippen LogP contribution in [0, 0.1) is 0 Å². The number of nitrogens with zero attached hydrogens (tertiary/aromatic N) is 1. The van der Waals surface area contributed by atoms with Crippen LogP contribution in [0.15, 0.2) is 0 Å². The van der Waals surface area contributed by atoms with E-state index in [9.17, 15) is 0 Å². The van der Waals surface area contributed by atoms with Gasteiger partial charge in [0, 0.05) is 36.7 Å². The van der Waals surface area contributed by atoms with Crippen molar-refractivity contribution >= 4 is 11.8 Å². The van der Waals surface area contributed by atoms with E-state index >= 15 is 0 Å². The lowest BCUT2D eigenvalue weighted by Crippen LogP contribution is -2.56. The number of hydrogen-bond donors (Lipinski definition) is 1. The van der Waals surface area contributed by atoms with Gasteiger partial charge in [-0.3, -0.25) is 4.90 Å². The average Bonchev–Trinajstić information content (AvgIpc) is 2.01. The smallest absolute Gasteiger partial charge is 0.0850 e. The molecule has 13 heavy (non-hydrogen) atoms. The standard InChI is InChI=1S/C9H18N2OS/c1-7(10)9-4-11(2-3-12-9)8-5-13-6-8/h7-9H,2-6,10H2,1H3. The van der Waals surface area contributed by atoms with E-state index in [1.54, 1.807) is 0 Å². The van der Waals surface area contributed by atoms with E-state index in [0.717, 1.165) is 25.7 Å². The third kappa shape index (κ3) is 2.18. The molecule has 0 aromatic heterocycles. The van der Waals surface area contributed by atoms with Crippen molar-refractivity contribution in [1.29, 1.82) is 0 Å². The van der Waals surface area contributed by atoms with Crippen LogP contribution in [0.25, 0.3) is 0 Å². The third-order valence-corrected chi connectivity index (χ3v) is 4.09. The molecule has 2 aliphatic heterocycles. The summed E-state index contributed by atoms with van der Waals surface area (Å²) in [4.78, 5) is 2.54. The number of hydrogen-bond acceptors (Lipinski definition) is 4. The zero-order valence-electron chi connectivity index (χ0n) is 8.11. The first-order valence-electron chi connectivity index (χ1n) is 4.96. The lowest BCUT2D eigenvalue weighted by atomic mass is 10.1. The van der Waals surface area contributed by atoms with Crippen molar-refractivity contribution in [2.45, 2.75) is 25.1 Å². The Balaban J connectivity index is 1.84. The molecule has 0 bridgehead atoms. The molecule has 2 atom stereocenters. The molecule has 2 aliphatic rings. The van der Waals surface area contributed by atoms with Gasteiger partial charge in [0.1, 0.15) is 0 Å². The van der Waals surface area contributed by atoms with Crippen LogP contribution in [0.2, 0.25) is 0 Å². The van der Waals surface area contributed by atoms with Gasteiger partial charge in [0.25, 0.3) is 0 Å². The molecular weight excluding hydrogens is 184 g/mol. The first-order valence-corrected chi connectivity index (χ1v) is 6.12. The summed E-state index contributed by atoms with van der Waals surface area (Å²) in [6.45, 7) is 5.01. The van der Waals surface area contributed by atoms with Crippen molar-refractivity contribution in [2.24, 2.45) is 5.73 Å². The number of ether oxygens (including phenoxy) is 1. The zero-order chi connectivity index (χ0) is 9.26. The Bertz CT molecular complexity index is 173. The molecule has 2 fully saturated rings. The zero-order valence-corrected chi connectivity index (χ0v) is 8.93. The van der Waals surface area contributed by atoms with Crippen LogP contribution < -0.4 is 5.73 Å². The maximum Gasteiger partial charge on any atom is 0.0850 e. The molecule has 0 saturated carbocycles. The summed E-state index contributed by atoms with van der Waals surface area (Å²) in [6, 6.07) is 0.964. The molecule has 0 amide bonds. The van der Waals surface area contributed by atoms with Gasteiger partial charge >= 0.3 is 0 Å². The van der Waals surface area contributed by atoms with E-state index in [-0.39, 0.29) is 12.1 Å². The molecule has 2 saturated heterocycles. The van der Waals surface area contributed by atoms with E-state index in [4.69, 9.17) is 10.5 Å². The van der Waals surface area contributed by atoms with Crippen molar-refractivity contribution in [1.82, 2.24) is 4.90 Å². The third-order valence-electron chi connectivity index (χ3n) is 2.85. The lowest BCUT2D eigenvalue weighted by molar-refractivity contribution is -0.0472. The Hall–Kier alpha value is 0.230. The quantitative estimate of drug-likeness (QED) is 0.692. The number of nitrogens with two attached hydrogens (primary N) is 1. The van der Waals surface area contributed by atoms with E-state index in [0.29, 0.717) is 0 Å². The Labute approximate surface area is 84.0 Å². The molecule has 0 aliphatic carbocycles. The van der Waals surface area contributed by atoms with Crippen molar-refractivity contribution in [3.05, 3.63) is 0 Å². The predicted molar refractivity (Wildman–Crippen MR) is 56.1 cm³/mol. The normalized spacial score (nSPS) is 34.2. The van der Waals surface area contributed by atoms with Crippen LogP contribution in [0.5, 0.6) is 0 Å². The predicted octanol–water partition coefficient (Wildman–Crippen LogP) is 0.150. The van der Waals surface area contributed by atoms with Gasteiger partial charge in [-0.25, -0.2) is 0 Å². The Morgan fingerprint density at radius 3 is 2.85 bits per heavy atom. The summed E-state index contributed by atoms with van der Waals surface area (Å²) in [5, 5.41) is 0. The van der Waals surface area contributed by atoms with Crippen molar-refractivity contribution < 1.29 is 4.74 Å². The van der Waals surface area contributed by atoms with E-state index in [1.165, 1.54) is 11.5 Å². The van der Waals surface area contributed by atoms with E-state index in [1.807, 2.05) is 18.7 Å². The average molecular weight is 202 g/mol. The molecule has 0 aromatic rings. The number of rotatable bonds is 2. The highest BCUT2D eigenvalue weighted by Crippen LogP contribution is 2.24. The van der Waals surface area contributed by atoms with Gasteiger partial charge < -0.3 is 10.5 Å². The molecule has 4 heteroatoms. The van der Waals surface area contributed by atoms with E-state index in [2.05, 4.69) is 4.90 Å². The maximum absolute atomic E-state index is 5.83. The van der Waals surface area contributed by atoms with Gasteiger partial charge in [0.2, 0.25) is 0 Å². The first kappa shape index (κ1) is 9.77. The van der Waals surface area contributed by atoms with Gasteiger partial charge in [-0.2, -0.15) is 11.8 Å². The first-order chi connectivity index (χ1) is 6.27. The van der Waals surface area contributed by atoms with Gasteiger partial charge in [-0.1, -0.05) is 0 Å². The topological polar surface area (TPSA) is 38.5 Å². The van der Waals surface area contributed by atoms with Crippen LogP contribution >= 0.6 is 11.8 Å². The molecule has 2 heterocycles. The lowest BCUT2D eigenvalue weighted by Gasteiger charge is -2.42. The van der Waals surface area contributed by atoms with Crippen LogP contribution in [0.1, 0.15) is 6.92 Å². The SMILES string of the molecule is CC(N)C1CN(C2CSC2)CCO1. The van der Waals surface area contributed by atoms with Gasteiger partial charge in [-0.15, -0.1) is 0 Å². The number of morpholine rings is 1. The summed E-state index contributed by atoms with van der Waals surface area (Å²) < 4.78 is 5.61. The fourth-order valence-corrected chi connectivity index (χ4v) is 2.65. The largest absolute Gasteiger partial charge is 0.374 e. The second kappa shape index (κ2) is 4.17. The van der Waals surface area contributed by atoms with Crippen LogP contribution in [0.3, 0.4) is 0 Å². The summed E-state index contributed by atoms with van der Waals surface area (Å²) in [6.07, 6.45) is 0.249. The minimum atomic E-state index is 0.163. The van der Waals surface area contributed by atoms with Crippen molar-refractivity contribution in [3.63, 3.8) is 0 Å². The monoisotopic (exact) mass is 202 g/mol. The van der Waals surface area contributed by atoms with Crippen molar-refractivity contribution in [2.75, 3.05) is 31.2 Å². The van der Waals surface area contributed by atoms with Gasteiger partial charge in [-0.05, 0) is 6.92 Å². The second-order valence-electron chi connectivity index (χ2n) is 3.95. The molecule has 0 spiro atoms. The Morgan fingerprint density at radius 1 is 1.54 bits per heavy atom. The fraction of sp³-hybridized carbons (Fsp3) is 1.00. The fourth-order valence-electron chi connectivity index (χ4n) is 1.78. The summed E-state index contributed by atoms with van der Waals surface area (Å²) >= 11 is 2.03. The molecular formula is C9H18N2OS. The minimum Gasteiger partial charge on any atom is -0.374 e. The molecule has 0 radical (unpaired) electrons. The van der Waals surface area contributed by atoms with Gasteiger partial charge in [0.15, 0.2) is 0 Å². The highest BCUT2D eigenvalue weighted by atomic mass is 32.2. The molecule has 0 aromatic carbocycles. The highest BCUT2D eigenvalue weighted by Gasteiger charge is 2.31. The summed E-state index contributed by atoms with van der Waals surface area (Å²) in [5.41, 5.74) is 5.83. The summed E-state index contributed by atoms with van der Waals surface area (Å²) in [7, 11) is 0. The molecule has 2 N–H and O–H groups in total. The maximum atomic E-state index is 5.83. The highest BCUT2D eigenvalue weighted by molar-refractivity contribution is 8.00. The van der Waals surface area contributed by atoms with E-state index < -0.39 is 0 Å². The Kier molecular flexibility index (Phi) is 3.14. The van der Waals surface area contributed by atoms with Crippen LogP contribution in [-0.4, -0.2) is 54.3 Å².